The Kier molecular flexibility index (Phi) is 4.73. The SMILES string of the molecule is NC(=O)C1CCCCN1S(=O)(=O)c1ccc(Cl)c(Br)c1. The Hall–Kier alpha value is -0.630. The molecule has 1 unspecified atom stereocenters. The zero-order chi connectivity index (χ0) is 14.9. The van der Waals surface area contributed by atoms with E-state index in [2.05, 4.69) is 15.9 Å². The highest BCUT2D eigenvalue weighted by Gasteiger charge is 2.36. The van der Waals surface area contributed by atoms with Crippen LogP contribution >= 0.6 is 27.5 Å². The van der Waals surface area contributed by atoms with E-state index in [1.54, 1.807) is 0 Å². The van der Waals surface area contributed by atoms with E-state index in [-0.39, 0.29) is 4.90 Å². The molecule has 2 N–H and O–H groups in total. The van der Waals surface area contributed by atoms with Crippen molar-refractivity contribution in [1.82, 2.24) is 4.31 Å². The van der Waals surface area contributed by atoms with Crippen LogP contribution in [0.3, 0.4) is 0 Å². The summed E-state index contributed by atoms with van der Waals surface area (Å²) in [7, 11) is -3.75. The summed E-state index contributed by atoms with van der Waals surface area (Å²) < 4.78 is 26.9. The Labute approximate surface area is 131 Å². The second-order valence-electron chi connectivity index (χ2n) is 4.61. The van der Waals surface area contributed by atoms with Crippen molar-refractivity contribution in [3.63, 3.8) is 0 Å². The number of carbonyl (C=O) groups is 1. The van der Waals surface area contributed by atoms with Gasteiger partial charge in [-0.2, -0.15) is 4.31 Å². The zero-order valence-electron chi connectivity index (χ0n) is 10.6. The first-order valence-electron chi connectivity index (χ1n) is 6.10. The molecule has 5 nitrogen and oxygen atoms in total. The van der Waals surface area contributed by atoms with E-state index < -0.39 is 22.0 Å². The van der Waals surface area contributed by atoms with Gasteiger partial charge in [-0.1, -0.05) is 18.0 Å². The van der Waals surface area contributed by atoms with Crippen molar-refractivity contribution in [3.8, 4) is 0 Å². The molecule has 0 radical (unpaired) electrons. The summed E-state index contributed by atoms with van der Waals surface area (Å²) in [5, 5.41) is 0.425. The van der Waals surface area contributed by atoms with Crippen molar-refractivity contribution in [2.24, 2.45) is 5.73 Å². The topological polar surface area (TPSA) is 80.5 Å². The summed E-state index contributed by atoms with van der Waals surface area (Å²) >= 11 is 9.07. The summed E-state index contributed by atoms with van der Waals surface area (Å²) in [5.41, 5.74) is 5.31. The lowest BCUT2D eigenvalue weighted by atomic mass is 10.0. The number of carbonyl (C=O) groups excluding carboxylic acids is 1. The molecule has 0 spiro atoms. The Morgan fingerprint density at radius 1 is 1.40 bits per heavy atom. The van der Waals surface area contributed by atoms with Gasteiger partial charge in [-0.05, 0) is 47.0 Å². The maximum absolute atomic E-state index is 12.6. The highest BCUT2D eigenvalue weighted by Crippen LogP contribution is 2.29. The Morgan fingerprint density at radius 3 is 2.70 bits per heavy atom. The molecule has 0 aromatic heterocycles. The Balaban J connectivity index is 2.42. The summed E-state index contributed by atoms with van der Waals surface area (Å²) in [6.45, 7) is 0.302. The molecule has 20 heavy (non-hydrogen) atoms. The number of sulfonamides is 1. The fraction of sp³-hybridized carbons (Fsp3) is 0.417. The number of hydrogen-bond acceptors (Lipinski definition) is 3. The van der Waals surface area contributed by atoms with Crippen LogP contribution in [0.4, 0.5) is 0 Å². The van der Waals surface area contributed by atoms with Gasteiger partial charge in [-0.3, -0.25) is 4.79 Å². The maximum Gasteiger partial charge on any atom is 0.243 e. The number of halogens is 2. The van der Waals surface area contributed by atoms with Crippen LogP contribution in [-0.2, 0) is 14.8 Å². The van der Waals surface area contributed by atoms with Crippen LogP contribution in [0.25, 0.3) is 0 Å². The second kappa shape index (κ2) is 6.01. The van der Waals surface area contributed by atoms with Gasteiger partial charge in [0.1, 0.15) is 6.04 Å². The van der Waals surface area contributed by atoms with Crippen LogP contribution in [0, 0.1) is 0 Å². The maximum atomic E-state index is 12.6. The van der Waals surface area contributed by atoms with Crippen LogP contribution in [0.2, 0.25) is 5.02 Å². The van der Waals surface area contributed by atoms with Crippen LogP contribution in [0.1, 0.15) is 19.3 Å². The molecule has 1 atom stereocenters. The van der Waals surface area contributed by atoms with Crippen molar-refractivity contribution >= 4 is 43.5 Å². The molecule has 1 saturated heterocycles. The molecule has 1 aromatic carbocycles. The molecule has 1 fully saturated rings. The predicted octanol–water partition coefficient (Wildman–Crippen LogP) is 2.13. The van der Waals surface area contributed by atoms with E-state index in [0.29, 0.717) is 22.5 Å². The van der Waals surface area contributed by atoms with Crippen molar-refractivity contribution in [1.29, 1.82) is 0 Å². The predicted molar refractivity (Wildman–Crippen MR) is 79.9 cm³/mol. The Bertz CT molecular complexity index is 636. The molecular weight excluding hydrogens is 368 g/mol. The smallest absolute Gasteiger partial charge is 0.243 e. The number of nitrogens with zero attached hydrogens (tertiary/aromatic N) is 1. The van der Waals surface area contributed by atoms with Gasteiger partial charge < -0.3 is 5.73 Å². The van der Waals surface area contributed by atoms with E-state index in [9.17, 15) is 13.2 Å². The summed E-state index contributed by atoms with van der Waals surface area (Å²) in [5.74, 6) is -0.610. The number of rotatable bonds is 3. The van der Waals surface area contributed by atoms with Crippen molar-refractivity contribution in [3.05, 3.63) is 27.7 Å². The lowest BCUT2D eigenvalue weighted by Crippen LogP contribution is -2.50. The molecule has 0 bridgehead atoms. The largest absolute Gasteiger partial charge is 0.368 e. The average molecular weight is 382 g/mol. The van der Waals surface area contributed by atoms with Gasteiger partial charge in [-0.25, -0.2) is 8.42 Å². The third-order valence-electron chi connectivity index (χ3n) is 3.28. The zero-order valence-corrected chi connectivity index (χ0v) is 13.7. The van der Waals surface area contributed by atoms with Gasteiger partial charge in [0, 0.05) is 11.0 Å². The minimum absolute atomic E-state index is 0.0990. The molecular formula is C12H14BrClN2O3S. The van der Waals surface area contributed by atoms with E-state index in [0.717, 1.165) is 12.8 Å². The molecule has 1 amide bonds. The molecule has 8 heteroatoms. The fourth-order valence-corrected chi connectivity index (χ4v) is 4.59. The number of primary amides is 1. The number of amides is 1. The van der Waals surface area contributed by atoms with Crippen molar-refractivity contribution in [2.45, 2.75) is 30.2 Å². The number of piperidine rings is 1. The van der Waals surface area contributed by atoms with Gasteiger partial charge in [0.25, 0.3) is 0 Å². The van der Waals surface area contributed by atoms with E-state index in [4.69, 9.17) is 17.3 Å². The van der Waals surface area contributed by atoms with Gasteiger partial charge in [0.05, 0.1) is 9.92 Å². The molecule has 1 heterocycles. The first-order valence-corrected chi connectivity index (χ1v) is 8.71. The average Bonchev–Trinajstić information content (AvgIpc) is 2.41. The van der Waals surface area contributed by atoms with Gasteiger partial charge in [0.15, 0.2) is 0 Å². The van der Waals surface area contributed by atoms with E-state index >= 15 is 0 Å². The second-order valence-corrected chi connectivity index (χ2v) is 7.76. The van der Waals surface area contributed by atoms with Crippen LogP contribution in [0.5, 0.6) is 0 Å². The number of hydrogen-bond donors (Lipinski definition) is 1. The van der Waals surface area contributed by atoms with Crippen molar-refractivity contribution < 1.29 is 13.2 Å². The summed E-state index contributed by atoms with van der Waals surface area (Å²) in [4.78, 5) is 11.5. The van der Waals surface area contributed by atoms with Crippen molar-refractivity contribution in [2.75, 3.05) is 6.54 Å². The quantitative estimate of drug-likeness (QED) is 0.871. The fourth-order valence-electron chi connectivity index (χ4n) is 2.25. The van der Waals surface area contributed by atoms with E-state index in [1.165, 1.54) is 22.5 Å². The normalized spacial score (nSPS) is 20.8. The lowest BCUT2D eigenvalue weighted by molar-refractivity contribution is -0.122. The molecule has 0 saturated carbocycles. The first-order chi connectivity index (χ1) is 9.34. The van der Waals surface area contributed by atoms with Gasteiger partial charge >= 0.3 is 0 Å². The van der Waals surface area contributed by atoms with Crippen LogP contribution in [-0.4, -0.2) is 31.2 Å². The molecule has 2 rings (SSSR count). The number of nitrogens with two attached hydrogens (primary N) is 1. The lowest BCUT2D eigenvalue weighted by Gasteiger charge is -2.32. The summed E-state index contributed by atoms with van der Waals surface area (Å²) in [6.07, 6.45) is 1.98. The molecule has 1 aromatic rings. The summed E-state index contributed by atoms with van der Waals surface area (Å²) in [6, 6.07) is 3.59. The van der Waals surface area contributed by atoms with Crippen LogP contribution in [0.15, 0.2) is 27.6 Å². The molecule has 0 aliphatic carbocycles. The minimum Gasteiger partial charge on any atom is -0.368 e. The number of benzene rings is 1. The minimum atomic E-state index is -3.75. The molecule has 1 aliphatic rings. The molecule has 1 aliphatic heterocycles. The highest BCUT2D eigenvalue weighted by molar-refractivity contribution is 9.10. The third-order valence-corrected chi connectivity index (χ3v) is 6.40. The van der Waals surface area contributed by atoms with E-state index in [1.807, 2.05) is 0 Å². The Morgan fingerprint density at radius 2 is 2.10 bits per heavy atom. The highest BCUT2D eigenvalue weighted by atomic mass is 79.9. The third kappa shape index (κ3) is 3.00. The van der Waals surface area contributed by atoms with Gasteiger partial charge in [0.2, 0.25) is 15.9 Å². The van der Waals surface area contributed by atoms with Crippen LogP contribution < -0.4 is 5.73 Å². The monoisotopic (exact) mass is 380 g/mol. The molecule has 110 valence electrons. The standard InChI is InChI=1S/C12H14BrClN2O3S/c13-9-7-8(4-5-10(9)14)20(18,19)16-6-2-1-3-11(16)12(15)17/h4-5,7,11H,1-3,6H2,(H2,15,17). The van der Waals surface area contributed by atoms with Gasteiger partial charge in [-0.15, -0.1) is 0 Å². The first kappa shape index (κ1) is 15.8.